The van der Waals surface area contributed by atoms with Crippen molar-refractivity contribution in [2.24, 2.45) is 0 Å². The zero-order valence-electron chi connectivity index (χ0n) is 15.1. The normalized spacial score (nSPS) is 11.4. The van der Waals surface area contributed by atoms with Gasteiger partial charge >= 0.3 is 0 Å². The zero-order chi connectivity index (χ0) is 21.3. The molecule has 0 amide bonds. The number of halogens is 3. The Hall–Kier alpha value is -2.58. The molecule has 4 rings (SSSR count). The van der Waals surface area contributed by atoms with Crippen molar-refractivity contribution in [3.05, 3.63) is 81.8 Å². The highest BCUT2D eigenvalue weighted by Crippen LogP contribution is 2.32. The van der Waals surface area contributed by atoms with Crippen molar-refractivity contribution in [2.75, 3.05) is 10.0 Å². The topological polar surface area (TPSA) is 84.0 Å². The van der Waals surface area contributed by atoms with E-state index in [0.717, 1.165) is 0 Å². The number of fused-ring (bicyclic) bond motifs is 1. The maximum Gasteiger partial charge on any atom is 0.264 e. The molecule has 0 atom stereocenters. The van der Waals surface area contributed by atoms with Crippen LogP contribution in [0, 0.1) is 0 Å². The smallest absolute Gasteiger partial charge is 0.264 e. The van der Waals surface area contributed by atoms with Crippen LogP contribution in [-0.4, -0.2) is 18.4 Å². The summed E-state index contributed by atoms with van der Waals surface area (Å²) in [6, 6.07) is 18.3. The molecular weight excluding hydrogens is 467 g/mol. The number of nitrogens with one attached hydrogen (secondary N) is 2. The van der Waals surface area contributed by atoms with Gasteiger partial charge in [-0.1, -0.05) is 59.1 Å². The number of nitrogens with zero attached hydrogens (tertiary/aromatic N) is 2. The van der Waals surface area contributed by atoms with Gasteiger partial charge in [0.15, 0.2) is 11.6 Å². The number of sulfonamides is 1. The molecule has 0 radical (unpaired) electrons. The fourth-order valence-electron chi connectivity index (χ4n) is 2.71. The van der Waals surface area contributed by atoms with Crippen molar-refractivity contribution < 1.29 is 8.42 Å². The SMILES string of the molecule is O=S(=O)(Nc1nc2ccccc2nc1Nc1ccccc1Cl)c1cc(Cl)ccc1Cl. The molecule has 30 heavy (non-hydrogen) atoms. The van der Waals surface area contributed by atoms with Crippen LogP contribution in [0.15, 0.2) is 71.6 Å². The standard InChI is InChI=1S/C20H13Cl3N4O2S/c21-12-9-10-14(23)18(11-12)30(28,29)27-20-19(24-15-6-2-1-5-13(15)22)25-16-7-3-4-8-17(16)26-20/h1-11H,(H,24,25)(H,26,27). The third kappa shape index (κ3) is 4.29. The van der Waals surface area contributed by atoms with Crippen molar-refractivity contribution in [1.29, 1.82) is 0 Å². The molecule has 10 heteroatoms. The first kappa shape index (κ1) is 20.7. The summed E-state index contributed by atoms with van der Waals surface area (Å²) in [5, 5.41) is 3.75. The summed E-state index contributed by atoms with van der Waals surface area (Å²) in [5.41, 5.74) is 1.64. The largest absolute Gasteiger partial charge is 0.336 e. The fourth-order valence-corrected chi connectivity index (χ4v) is 4.67. The summed E-state index contributed by atoms with van der Waals surface area (Å²) >= 11 is 18.3. The van der Waals surface area contributed by atoms with Crippen LogP contribution >= 0.6 is 34.8 Å². The lowest BCUT2D eigenvalue weighted by molar-refractivity contribution is 0.601. The molecule has 3 aromatic carbocycles. The molecule has 152 valence electrons. The van der Waals surface area contributed by atoms with E-state index in [9.17, 15) is 8.42 Å². The van der Waals surface area contributed by atoms with E-state index in [2.05, 4.69) is 20.0 Å². The predicted octanol–water partition coefficient (Wildman–Crippen LogP) is 6.13. The molecule has 0 spiro atoms. The Morgan fingerprint density at radius 3 is 2.07 bits per heavy atom. The molecule has 0 bridgehead atoms. The maximum absolute atomic E-state index is 13.0. The Morgan fingerprint density at radius 1 is 0.733 bits per heavy atom. The van der Waals surface area contributed by atoms with Crippen LogP contribution in [0.2, 0.25) is 15.1 Å². The lowest BCUT2D eigenvalue weighted by Gasteiger charge is -2.15. The molecule has 0 fully saturated rings. The summed E-state index contributed by atoms with van der Waals surface area (Å²) < 4.78 is 28.5. The third-order valence-electron chi connectivity index (χ3n) is 4.11. The molecule has 0 unspecified atom stereocenters. The Bertz CT molecular complexity index is 1360. The van der Waals surface area contributed by atoms with E-state index >= 15 is 0 Å². The Labute approximate surface area is 187 Å². The number of rotatable bonds is 5. The second-order valence-corrected chi connectivity index (χ2v) is 9.10. The van der Waals surface area contributed by atoms with Gasteiger partial charge in [-0.3, -0.25) is 4.72 Å². The first-order valence-corrected chi connectivity index (χ1v) is 11.2. The van der Waals surface area contributed by atoms with E-state index in [4.69, 9.17) is 34.8 Å². The van der Waals surface area contributed by atoms with Crippen LogP contribution in [0.4, 0.5) is 17.3 Å². The molecule has 2 N–H and O–H groups in total. The van der Waals surface area contributed by atoms with Crippen LogP contribution in [0.5, 0.6) is 0 Å². The van der Waals surface area contributed by atoms with E-state index in [1.54, 1.807) is 42.5 Å². The molecule has 0 saturated heterocycles. The summed E-state index contributed by atoms with van der Waals surface area (Å²) in [4.78, 5) is 8.77. The van der Waals surface area contributed by atoms with Crippen molar-refractivity contribution >= 4 is 73.2 Å². The van der Waals surface area contributed by atoms with E-state index in [-0.39, 0.29) is 26.6 Å². The van der Waals surface area contributed by atoms with Crippen molar-refractivity contribution in [3.8, 4) is 0 Å². The molecular formula is C20H13Cl3N4O2S. The highest BCUT2D eigenvalue weighted by Gasteiger charge is 2.22. The highest BCUT2D eigenvalue weighted by molar-refractivity contribution is 7.92. The van der Waals surface area contributed by atoms with Gasteiger partial charge in [0.1, 0.15) is 4.90 Å². The van der Waals surface area contributed by atoms with E-state index in [1.807, 2.05) is 6.07 Å². The van der Waals surface area contributed by atoms with Crippen LogP contribution in [0.25, 0.3) is 11.0 Å². The summed E-state index contributed by atoms with van der Waals surface area (Å²) in [6.07, 6.45) is 0. The monoisotopic (exact) mass is 478 g/mol. The molecule has 0 aliphatic heterocycles. The van der Waals surface area contributed by atoms with E-state index in [0.29, 0.717) is 21.7 Å². The number of benzene rings is 3. The van der Waals surface area contributed by atoms with Crippen LogP contribution in [0.3, 0.4) is 0 Å². The molecule has 1 heterocycles. The minimum atomic E-state index is -4.10. The average molecular weight is 480 g/mol. The minimum absolute atomic E-state index is 0.00957. The van der Waals surface area contributed by atoms with Gasteiger partial charge in [-0.25, -0.2) is 18.4 Å². The molecule has 6 nitrogen and oxygen atoms in total. The zero-order valence-corrected chi connectivity index (χ0v) is 18.2. The van der Waals surface area contributed by atoms with Crippen LogP contribution in [-0.2, 0) is 10.0 Å². The Morgan fingerprint density at radius 2 is 1.37 bits per heavy atom. The van der Waals surface area contributed by atoms with Gasteiger partial charge in [0.25, 0.3) is 10.0 Å². The summed E-state index contributed by atoms with van der Waals surface area (Å²) in [5.74, 6) is 0.174. The van der Waals surface area contributed by atoms with Crippen molar-refractivity contribution in [2.45, 2.75) is 4.90 Å². The lowest BCUT2D eigenvalue weighted by atomic mass is 10.3. The first-order chi connectivity index (χ1) is 14.3. The van der Waals surface area contributed by atoms with Gasteiger partial charge in [0.2, 0.25) is 0 Å². The number of hydrogen-bond acceptors (Lipinski definition) is 5. The number of para-hydroxylation sites is 3. The van der Waals surface area contributed by atoms with Gasteiger partial charge in [-0.05, 0) is 42.5 Å². The third-order valence-corrected chi connectivity index (χ3v) is 6.50. The number of hydrogen-bond donors (Lipinski definition) is 2. The number of aromatic nitrogens is 2. The van der Waals surface area contributed by atoms with Crippen molar-refractivity contribution in [1.82, 2.24) is 9.97 Å². The van der Waals surface area contributed by atoms with Crippen LogP contribution in [0.1, 0.15) is 0 Å². The van der Waals surface area contributed by atoms with E-state index < -0.39 is 10.0 Å². The Kier molecular flexibility index (Phi) is 5.71. The van der Waals surface area contributed by atoms with E-state index in [1.165, 1.54) is 18.2 Å². The Balaban J connectivity index is 1.82. The fraction of sp³-hybridized carbons (Fsp3) is 0. The van der Waals surface area contributed by atoms with Gasteiger partial charge in [0.05, 0.1) is 26.8 Å². The quantitative estimate of drug-likeness (QED) is 0.359. The van der Waals surface area contributed by atoms with Gasteiger partial charge in [0, 0.05) is 5.02 Å². The molecule has 1 aromatic heterocycles. The van der Waals surface area contributed by atoms with Gasteiger partial charge < -0.3 is 5.32 Å². The molecule has 0 aliphatic rings. The molecule has 0 aliphatic carbocycles. The summed E-state index contributed by atoms with van der Waals surface area (Å²) in [7, 11) is -4.10. The number of anilines is 3. The second kappa shape index (κ2) is 8.28. The second-order valence-electron chi connectivity index (χ2n) is 6.19. The van der Waals surface area contributed by atoms with Gasteiger partial charge in [-0.15, -0.1) is 0 Å². The van der Waals surface area contributed by atoms with Gasteiger partial charge in [-0.2, -0.15) is 0 Å². The minimum Gasteiger partial charge on any atom is -0.336 e. The highest BCUT2D eigenvalue weighted by atomic mass is 35.5. The maximum atomic E-state index is 13.0. The van der Waals surface area contributed by atoms with Crippen molar-refractivity contribution in [3.63, 3.8) is 0 Å². The summed E-state index contributed by atoms with van der Waals surface area (Å²) in [6.45, 7) is 0. The molecule has 4 aromatic rings. The van der Waals surface area contributed by atoms with Crippen LogP contribution < -0.4 is 10.0 Å². The molecule has 0 saturated carbocycles. The first-order valence-electron chi connectivity index (χ1n) is 8.60. The predicted molar refractivity (Wildman–Crippen MR) is 122 cm³/mol. The average Bonchev–Trinajstić information content (AvgIpc) is 2.71. The lowest BCUT2D eigenvalue weighted by Crippen LogP contribution is -2.16.